The Kier molecular flexibility index (Phi) is 6.65. The lowest BCUT2D eigenvalue weighted by atomic mass is 10.0. The Morgan fingerprint density at radius 3 is 2.73 bits per heavy atom. The lowest BCUT2D eigenvalue weighted by Crippen LogP contribution is -2.30. The predicted molar refractivity (Wildman–Crippen MR) is 135 cm³/mol. The summed E-state index contributed by atoms with van der Waals surface area (Å²) in [5, 5.41) is 6.99. The van der Waals surface area contributed by atoms with E-state index in [0.29, 0.717) is 23.0 Å². The van der Waals surface area contributed by atoms with Crippen LogP contribution in [-0.4, -0.2) is 27.7 Å². The van der Waals surface area contributed by atoms with Crippen molar-refractivity contribution in [3.05, 3.63) is 72.3 Å². The second-order valence-electron chi connectivity index (χ2n) is 8.22. The average Bonchev–Trinajstić information content (AvgIpc) is 3.44. The van der Waals surface area contributed by atoms with Gasteiger partial charge in [0.15, 0.2) is 5.11 Å². The zero-order valence-electron chi connectivity index (χ0n) is 19.3. The van der Waals surface area contributed by atoms with Gasteiger partial charge < -0.3 is 24.8 Å². The zero-order valence-corrected chi connectivity index (χ0v) is 20.1. The number of nitrogens with one attached hydrogen (secondary N) is 2. The first-order chi connectivity index (χ1) is 15.9. The molecule has 1 aromatic carbocycles. The van der Waals surface area contributed by atoms with Gasteiger partial charge >= 0.3 is 0 Å². The van der Waals surface area contributed by atoms with Crippen LogP contribution in [0.15, 0.2) is 60.9 Å². The number of carbonyl (C=O) groups excluding carboxylic acids is 1. The van der Waals surface area contributed by atoms with Crippen LogP contribution < -0.4 is 20.3 Å². The van der Waals surface area contributed by atoms with Crippen LogP contribution in [0.4, 0.5) is 11.4 Å². The summed E-state index contributed by atoms with van der Waals surface area (Å²) >= 11 is 5.83. The van der Waals surface area contributed by atoms with Gasteiger partial charge in [-0.05, 0) is 62.5 Å². The summed E-state index contributed by atoms with van der Waals surface area (Å²) in [6, 6.07) is 15.9. The highest BCUT2D eigenvalue weighted by molar-refractivity contribution is 7.80. The molecule has 2 N–H and O–H groups in total. The number of anilines is 2. The number of ether oxygens (including phenoxy) is 1. The number of benzene rings is 1. The van der Waals surface area contributed by atoms with Gasteiger partial charge in [-0.3, -0.25) is 9.78 Å². The Labute approximate surface area is 199 Å². The molecule has 0 spiro atoms. The maximum absolute atomic E-state index is 11.9. The molecule has 1 aliphatic heterocycles. The summed E-state index contributed by atoms with van der Waals surface area (Å²) in [7, 11) is 1.60. The predicted octanol–water partition coefficient (Wildman–Crippen LogP) is 5.00. The van der Waals surface area contributed by atoms with Crippen LogP contribution in [0.3, 0.4) is 0 Å². The Balaban J connectivity index is 1.81. The fraction of sp³-hybridized carbons (Fsp3) is 0.320. The van der Waals surface area contributed by atoms with E-state index >= 15 is 0 Å². The highest BCUT2D eigenvalue weighted by atomic mass is 32.1. The number of hydrogen-bond acceptors (Lipinski definition) is 4. The van der Waals surface area contributed by atoms with E-state index in [1.54, 1.807) is 13.3 Å². The first-order valence-electron chi connectivity index (χ1n) is 11.1. The molecule has 0 bridgehead atoms. The minimum absolute atomic E-state index is 0.0673. The van der Waals surface area contributed by atoms with Crippen LogP contribution in [0.1, 0.15) is 56.7 Å². The van der Waals surface area contributed by atoms with E-state index in [1.807, 2.05) is 43.3 Å². The van der Waals surface area contributed by atoms with Crippen LogP contribution in [-0.2, 0) is 4.79 Å². The maximum atomic E-state index is 11.9. The number of nitrogens with zero attached hydrogens (tertiary/aromatic N) is 3. The SMILES string of the molecule is CCC(=O)Nc1ccc(N2C(=S)N[C@H](c3ccccn3)[C@H]2c2cccn2C(C)C)cc1OC. The van der Waals surface area contributed by atoms with Crippen molar-refractivity contribution in [1.82, 2.24) is 14.9 Å². The molecule has 1 fully saturated rings. The van der Waals surface area contributed by atoms with Gasteiger partial charge in [-0.1, -0.05) is 13.0 Å². The van der Waals surface area contributed by atoms with E-state index in [-0.39, 0.29) is 24.0 Å². The summed E-state index contributed by atoms with van der Waals surface area (Å²) in [6.07, 6.45) is 4.29. The number of carbonyl (C=O) groups is 1. The maximum Gasteiger partial charge on any atom is 0.224 e. The molecule has 0 aliphatic carbocycles. The lowest BCUT2D eigenvalue weighted by molar-refractivity contribution is -0.115. The van der Waals surface area contributed by atoms with Crippen molar-refractivity contribution < 1.29 is 9.53 Å². The normalized spacial score (nSPS) is 17.8. The van der Waals surface area contributed by atoms with Crippen molar-refractivity contribution >= 4 is 34.6 Å². The molecular weight excluding hydrogens is 434 g/mol. The second-order valence-corrected chi connectivity index (χ2v) is 8.60. The fourth-order valence-corrected chi connectivity index (χ4v) is 4.58. The van der Waals surface area contributed by atoms with Crippen molar-refractivity contribution in [3.63, 3.8) is 0 Å². The molecule has 3 heterocycles. The number of rotatable bonds is 7. The number of aromatic nitrogens is 2. The van der Waals surface area contributed by atoms with Crippen molar-refractivity contribution in [1.29, 1.82) is 0 Å². The van der Waals surface area contributed by atoms with Gasteiger partial charge in [0.25, 0.3) is 0 Å². The molecule has 0 unspecified atom stereocenters. The third-order valence-corrected chi connectivity index (χ3v) is 6.14. The fourth-order valence-electron chi connectivity index (χ4n) is 4.23. The highest BCUT2D eigenvalue weighted by Gasteiger charge is 2.42. The average molecular weight is 464 g/mol. The third-order valence-electron chi connectivity index (χ3n) is 5.83. The van der Waals surface area contributed by atoms with E-state index < -0.39 is 0 Å². The molecule has 4 rings (SSSR count). The smallest absolute Gasteiger partial charge is 0.224 e. The molecule has 1 saturated heterocycles. The summed E-state index contributed by atoms with van der Waals surface area (Å²) in [5.74, 6) is 0.513. The Morgan fingerprint density at radius 2 is 2.06 bits per heavy atom. The Bertz CT molecular complexity index is 1140. The van der Waals surface area contributed by atoms with E-state index in [4.69, 9.17) is 17.0 Å². The van der Waals surface area contributed by atoms with E-state index in [0.717, 1.165) is 17.1 Å². The molecule has 1 amide bonds. The number of pyridine rings is 1. The summed E-state index contributed by atoms with van der Waals surface area (Å²) in [4.78, 5) is 18.7. The minimum Gasteiger partial charge on any atom is -0.494 e. The van der Waals surface area contributed by atoms with Gasteiger partial charge in [-0.25, -0.2) is 0 Å². The summed E-state index contributed by atoms with van der Waals surface area (Å²) in [5.41, 5.74) is 3.56. The molecule has 33 heavy (non-hydrogen) atoms. The van der Waals surface area contributed by atoms with Gasteiger partial charge in [-0.15, -0.1) is 0 Å². The molecule has 8 heteroatoms. The van der Waals surface area contributed by atoms with E-state index in [1.165, 1.54) is 0 Å². The van der Waals surface area contributed by atoms with Crippen LogP contribution in [0.5, 0.6) is 5.75 Å². The lowest BCUT2D eigenvalue weighted by Gasteiger charge is -2.30. The number of hydrogen-bond donors (Lipinski definition) is 2. The first-order valence-corrected chi connectivity index (χ1v) is 11.5. The highest BCUT2D eigenvalue weighted by Crippen LogP contribution is 2.43. The van der Waals surface area contributed by atoms with Gasteiger partial charge in [0.05, 0.1) is 24.5 Å². The minimum atomic E-state index is -0.128. The first kappa shape index (κ1) is 22.8. The molecule has 0 radical (unpaired) electrons. The van der Waals surface area contributed by atoms with Crippen molar-refractivity contribution in [2.75, 3.05) is 17.3 Å². The quantitative estimate of drug-likeness (QED) is 0.481. The molecule has 0 saturated carbocycles. The van der Waals surface area contributed by atoms with Crippen LogP contribution in [0.25, 0.3) is 0 Å². The number of methoxy groups -OCH3 is 1. The van der Waals surface area contributed by atoms with Crippen molar-refractivity contribution in [2.24, 2.45) is 0 Å². The van der Waals surface area contributed by atoms with E-state index in [9.17, 15) is 4.79 Å². The Hall–Kier alpha value is -3.39. The largest absolute Gasteiger partial charge is 0.494 e. The number of amides is 1. The van der Waals surface area contributed by atoms with Gasteiger partial charge in [0.2, 0.25) is 5.91 Å². The molecule has 172 valence electrons. The molecule has 2 aromatic heterocycles. The van der Waals surface area contributed by atoms with E-state index in [2.05, 4.69) is 57.3 Å². The van der Waals surface area contributed by atoms with Crippen LogP contribution >= 0.6 is 12.2 Å². The summed E-state index contributed by atoms with van der Waals surface area (Å²) in [6.45, 7) is 6.15. The van der Waals surface area contributed by atoms with Gasteiger partial charge in [-0.2, -0.15) is 0 Å². The van der Waals surface area contributed by atoms with Crippen molar-refractivity contribution in [2.45, 2.75) is 45.3 Å². The molecule has 2 atom stereocenters. The molecular formula is C25H29N5O2S. The van der Waals surface area contributed by atoms with Crippen LogP contribution in [0, 0.1) is 0 Å². The zero-order chi connectivity index (χ0) is 23.5. The monoisotopic (exact) mass is 463 g/mol. The topological polar surface area (TPSA) is 71.4 Å². The Morgan fingerprint density at radius 1 is 1.24 bits per heavy atom. The third kappa shape index (κ3) is 4.43. The molecule has 7 nitrogen and oxygen atoms in total. The summed E-state index contributed by atoms with van der Waals surface area (Å²) < 4.78 is 7.86. The molecule has 3 aromatic rings. The molecule has 1 aliphatic rings. The van der Waals surface area contributed by atoms with Crippen molar-refractivity contribution in [3.8, 4) is 5.75 Å². The standard InChI is InChI=1S/C25H29N5O2S/c1-5-22(31)27-18-12-11-17(15-21(18)32-4)30-24(20-10-8-14-29(20)16(2)3)23(28-25(30)33)19-9-6-7-13-26-19/h6-16,23-24H,5H2,1-4H3,(H,27,31)(H,28,33)/t23-,24-/m1/s1. The van der Waals surface area contributed by atoms with Crippen LogP contribution in [0.2, 0.25) is 0 Å². The van der Waals surface area contributed by atoms with Gasteiger partial charge in [0.1, 0.15) is 11.8 Å². The van der Waals surface area contributed by atoms with Gasteiger partial charge in [0, 0.05) is 42.3 Å². The number of thiocarbonyl (C=S) groups is 1. The second kappa shape index (κ2) is 9.62.